The molecule has 0 spiro atoms. The van der Waals surface area contributed by atoms with Crippen LogP contribution in [0.15, 0.2) is 55.1 Å². The summed E-state index contributed by atoms with van der Waals surface area (Å²) in [6.07, 6.45) is 11.2. The molecule has 4 rings (SSSR count). The molecule has 0 saturated carbocycles. The standard InChI is InChI=1S/C20H21N5O/c26-20(23-10-5-15-3-1-8-21-13-15)25-11-6-16(7-12-25)18-14-24-19-17(18)4-2-9-22-19/h1-4,6,8-9,13-14H,5,7,10-12H2,(H,22,24)(H,23,26). The van der Waals surface area contributed by atoms with Crippen LogP contribution in [-0.2, 0) is 6.42 Å². The van der Waals surface area contributed by atoms with Gasteiger partial charge in [0.15, 0.2) is 0 Å². The lowest BCUT2D eigenvalue weighted by atomic mass is 10.00. The molecule has 0 bridgehead atoms. The van der Waals surface area contributed by atoms with Gasteiger partial charge in [-0.3, -0.25) is 4.98 Å². The molecule has 0 fully saturated rings. The molecule has 0 radical (unpaired) electrons. The number of fused-ring (bicyclic) bond motifs is 1. The Morgan fingerprint density at radius 1 is 1.27 bits per heavy atom. The van der Waals surface area contributed by atoms with E-state index in [4.69, 9.17) is 0 Å². The zero-order valence-corrected chi connectivity index (χ0v) is 14.5. The average molecular weight is 347 g/mol. The van der Waals surface area contributed by atoms with E-state index in [1.54, 1.807) is 12.4 Å². The first-order valence-corrected chi connectivity index (χ1v) is 8.84. The Bertz CT molecular complexity index is 932. The molecule has 0 aliphatic carbocycles. The Kier molecular flexibility index (Phi) is 4.64. The van der Waals surface area contributed by atoms with Gasteiger partial charge in [0.2, 0.25) is 0 Å². The molecule has 1 aliphatic heterocycles. The molecule has 3 aromatic rings. The molecule has 3 aromatic heterocycles. The normalized spacial score (nSPS) is 14.3. The average Bonchev–Trinajstić information content (AvgIpc) is 3.13. The van der Waals surface area contributed by atoms with Crippen molar-refractivity contribution in [1.29, 1.82) is 0 Å². The number of carbonyl (C=O) groups excluding carboxylic acids is 1. The summed E-state index contributed by atoms with van der Waals surface area (Å²) < 4.78 is 0. The van der Waals surface area contributed by atoms with E-state index in [9.17, 15) is 4.79 Å². The van der Waals surface area contributed by atoms with Crippen LogP contribution in [0.5, 0.6) is 0 Å². The van der Waals surface area contributed by atoms with Crippen LogP contribution >= 0.6 is 0 Å². The van der Waals surface area contributed by atoms with Crippen LogP contribution in [0.3, 0.4) is 0 Å². The monoisotopic (exact) mass is 347 g/mol. The second kappa shape index (κ2) is 7.39. The van der Waals surface area contributed by atoms with Gasteiger partial charge < -0.3 is 15.2 Å². The topological polar surface area (TPSA) is 73.9 Å². The fraction of sp³-hybridized carbons (Fsp3) is 0.250. The van der Waals surface area contributed by atoms with Crippen LogP contribution < -0.4 is 5.32 Å². The fourth-order valence-corrected chi connectivity index (χ4v) is 3.29. The van der Waals surface area contributed by atoms with Gasteiger partial charge in [0.05, 0.1) is 0 Å². The molecule has 1 aliphatic rings. The Hall–Kier alpha value is -3.15. The number of aromatic amines is 1. The predicted octanol–water partition coefficient (Wildman–Crippen LogP) is 3.00. The van der Waals surface area contributed by atoms with Crippen molar-refractivity contribution in [3.05, 3.63) is 66.3 Å². The van der Waals surface area contributed by atoms with Crippen molar-refractivity contribution < 1.29 is 4.79 Å². The van der Waals surface area contributed by atoms with Gasteiger partial charge in [0, 0.05) is 55.4 Å². The summed E-state index contributed by atoms with van der Waals surface area (Å²) >= 11 is 0. The number of pyridine rings is 2. The highest BCUT2D eigenvalue weighted by Gasteiger charge is 2.19. The first-order chi connectivity index (χ1) is 12.8. The Labute approximate surface area is 152 Å². The number of amides is 2. The molecule has 0 aromatic carbocycles. The first kappa shape index (κ1) is 16.3. The molecule has 6 heteroatoms. The second-order valence-corrected chi connectivity index (χ2v) is 6.37. The van der Waals surface area contributed by atoms with Gasteiger partial charge in [0.25, 0.3) is 0 Å². The van der Waals surface area contributed by atoms with Crippen LogP contribution in [-0.4, -0.2) is 45.5 Å². The maximum Gasteiger partial charge on any atom is 0.317 e. The lowest BCUT2D eigenvalue weighted by Gasteiger charge is -2.26. The zero-order chi connectivity index (χ0) is 17.8. The molecule has 0 saturated heterocycles. The van der Waals surface area contributed by atoms with E-state index in [0.717, 1.165) is 36.0 Å². The number of carbonyl (C=O) groups is 1. The van der Waals surface area contributed by atoms with Gasteiger partial charge in [-0.1, -0.05) is 12.1 Å². The summed E-state index contributed by atoms with van der Waals surface area (Å²) in [6, 6.07) is 7.95. The summed E-state index contributed by atoms with van der Waals surface area (Å²) in [7, 11) is 0. The van der Waals surface area contributed by atoms with Crippen LogP contribution in [0, 0.1) is 0 Å². The van der Waals surface area contributed by atoms with Crippen molar-refractivity contribution in [1.82, 2.24) is 25.2 Å². The molecule has 6 nitrogen and oxygen atoms in total. The van der Waals surface area contributed by atoms with E-state index in [-0.39, 0.29) is 6.03 Å². The molecule has 132 valence electrons. The van der Waals surface area contributed by atoms with Gasteiger partial charge in [0.1, 0.15) is 5.65 Å². The first-order valence-electron chi connectivity index (χ1n) is 8.84. The number of aromatic nitrogens is 3. The van der Waals surface area contributed by atoms with Gasteiger partial charge >= 0.3 is 6.03 Å². The summed E-state index contributed by atoms with van der Waals surface area (Å²) in [4.78, 5) is 25.8. The number of hydrogen-bond acceptors (Lipinski definition) is 3. The van der Waals surface area contributed by atoms with Crippen molar-refractivity contribution in [2.75, 3.05) is 19.6 Å². The maximum absolute atomic E-state index is 12.3. The maximum atomic E-state index is 12.3. The Morgan fingerprint density at radius 3 is 3.00 bits per heavy atom. The quantitative estimate of drug-likeness (QED) is 0.762. The summed E-state index contributed by atoms with van der Waals surface area (Å²) in [5.41, 5.74) is 4.48. The molecular formula is C20H21N5O. The lowest BCUT2D eigenvalue weighted by molar-refractivity contribution is 0.203. The molecular weight excluding hydrogens is 326 g/mol. The highest BCUT2D eigenvalue weighted by atomic mass is 16.2. The SMILES string of the molecule is O=C(NCCc1cccnc1)N1CC=C(c2c[nH]c3ncccc23)CC1. The van der Waals surface area contributed by atoms with E-state index in [1.807, 2.05) is 35.5 Å². The van der Waals surface area contributed by atoms with Gasteiger partial charge in [-0.2, -0.15) is 0 Å². The molecule has 26 heavy (non-hydrogen) atoms. The number of nitrogens with one attached hydrogen (secondary N) is 2. The molecule has 2 N–H and O–H groups in total. The lowest BCUT2D eigenvalue weighted by Crippen LogP contribution is -2.42. The number of H-pyrrole nitrogens is 1. The van der Waals surface area contributed by atoms with Crippen molar-refractivity contribution in [3.8, 4) is 0 Å². The minimum absolute atomic E-state index is 0.00946. The van der Waals surface area contributed by atoms with E-state index in [2.05, 4.69) is 32.4 Å². The zero-order valence-electron chi connectivity index (χ0n) is 14.5. The van der Waals surface area contributed by atoms with Gasteiger partial charge in [-0.05, 0) is 42.2 Å². The summed E-state index contributed by atoms with van der Waals surface area (Å²) in [5, 5.41) is 4.13. The largest absolute Gasteiger partial charge is 0.346 e. The van der Waals surface area contributed by atoms with E-state index in [0.29, 0.717) is 13.1 Å². The molecule has 0 atom stereocenters. The molecule has 0 unspecified atom stereocenters. The van der Waals surface area contributed by atoms with Crippen molar-refractivity contribution in [2.45, 2.75) is 12.8 Å². The van der Waals surface area contributed by atoms with Crippen molar-refractivity contribution in [2.24, 2.45) is 0 Å². The highest BCUT2D eigenvalue weighted by Crippen LogP contribution is 2.28. The minimum Gasteiger partial charge on any atom is -0.346 e. The van der Waals surface area contributed by atoms with Crippen LogP contribution in [0.4, 0.5) is 4.79 Å². The Morgan fingerprint density at radius 2 is 2.19 bits per heavy atom. The number of urea groups is 1. The highest BCUT2D eigenvalue weighted by molar-refractivity contribution is 5.91. The van der Waals surface area contributed by atoms with Gasteiger partial charge in [-0.15, -0.1) is 0 Å². The molecule has 4 heterocycles. The van der Waals surface area contributed by atoms with Crippen LogP contribution in [0.2, 0.25) is 0 Å². The third-order valence-electron chi connectivity index (χ3n) is 4.71. The number of nitrogens with zero attached hydrogens (tertiary/aromatic N) is 3. The van der Waals surface area contributed by atoms with Gasteiger partial charge in [-0.25, -0.2) is 9.78 Å². The van der Waals surface area contributed by atoms with Crippen molar-refractivity contribution >= 4 is 22.6 Å². The van der Waals surface area contributed by atoms with Crippen LogP contribution in [0.25, 0.3) is 16.6 Å². The second-order valence-electron chi connectivity index (χ2n) is 6.37. The fourth-order valence-electron chi connectivity index (χ4n) is 3.29. The van der Waals surface area contributed by atoms with E-state index >= 15 is 0 Å². The number of hydrogen-bond donors (Lipinski definition) is 2. The smallest absolute Gasteiger partial charge is 0.317 e. The van der Waals surface area contributed by atoms with Crippen LogP contribution in [0.1, 0.15) is 17.5 Å². The predicted molar refractivity (Wildman–Crippen MR) is 102 cm³/mol. The minimum atomic E-state index is -0.00946. The third-order valence-corrected chi connectivity index (χ3v) is 4.71. The van der Waals surface area contributed by atoms with E-state index < -0.39 is 0 Å². The molecule has 2 amide bonds. The summed E-state index contributed by atoms with van der Waals surface area (Å²) in [5.74, 6) is 0. The van der Waals surface area contributed by atoms with Crippen molar-refractivity contribution in [3.63, 3.8) is 0 Å². The number of rotatable bonds is 4. The van der Waals surface area contributed by atoms with E-state index in [1.165, 1.54) is 11.1 Å². The third kappa shape index (κ3) is 3.44. The Balaban J connectivity index is 1.34. The summed E-state index contributed by atoms with van der Waals surface area (Å²) in [6.45, 7) is 1.96.